The Kier molecular flexibility index (Phi) is 5.92. The van der Waals surface area contributed by atoms with Crippen LogP contribution < -0.4 is 5.32 Å². The van der Waals surface area contributed by atoms with Crippen LogP contribution in [0.2, 0.25) is 0 Å². The SMILES string of the molecule is ClC1=NC(c2cccc(-c3ccc4ccccc4c3)c2)N=C(c2cccc(-c3ccc4ccccc4c3)c2)N1. The Labute approximate surface area is 232 Å². The standard InChI is InChI=1S/C35H24ClN3/c36-35-38-33(31-13-5-11-27(21-31)29-17-15-23-7-1-3-9-25(23)19-29)37-34(39-35)32-14-6-12-28(22-32)30-18-16-24-8-2-4-10-26(24)20-30/h1-22,33H,(H,37,38,39). The van der Waals surface area contributed by atoms with Gasteiger partial charge in [0.05, 0.1) is 0 Å². The van der Waals surface area contributed by atoms with Gasteiger partial charge in [0.1, 0.15) is 5.84 Å². The molecule has 186 valence electrons. The van der Waals surface area contributed by atoms with Crippen LogP contribution in [0.15, 0.2) is 143 Å². The van der Waals surface area contributed by atoms with Crippen LogP contribution in [0.3, 0.4) is 0 Å². The highest BCUT2D eigenvalue weighted by Crippen LogP contribution is 2.31. The normalized spacial score (nSPS) is 15.1. The number of nitrogens with zero attached hydrogens (tertiary/aromatic N) is 2. The molecule has 0 aromatic heterocycles. The Morgan fingerprint density at radius 3 is 1.67 bits per heavy atom. The number of hydrogen-bond acceptors (Lipinski definition) is 3. The fraction of sp³-hybridized carbons (Fsp3) is 0.0286. The quantitative estimate of drug-likeness (QED) is 0.231. The molecule has 6 aromatic carbocycles. The van der Waals surface area contributed by atoms with Gasteiger partial charge in [-0.3, -0.25) is 0 Å². The molecule has 6 aromatic rings. The third kappa shape index (κ3) is 4.69. The van der Waals surface area contributed by atoms with Gasteiger partial charge in [0.15, 0.2) is 11.5 Å². The van der Waals surface area contributed by atoms with E-state index in [4.69, 9.17) is 16.6 Å². The van der Waals surface area contributed by atoms with Crippen LogP contribution in [0.1, 0.15) is 17.3 Å². The molecule has 0 fully saturated rings. The van der Waals surface area contributed by atoms with Gasteiger partial charge >= 0.3 is 0 Å². The minimum absolute atomic E-state index is 0.331. The molecular weight excluding hydrogens is 498 g/mol. The number of amidine groups is 2. The minimum atomic E-state index is -0.432. The maximum Gasteiger partial charge on any atom is 0.199 e. The summed E-state index contributed by atoms with van der Waals surface area (Å²) in [4.78, 5) is 9.59. The zero-order chi connectivity index (χ0) is 26.2. The number of fused-ring (bicyclic) bond motifs is 2. The van der Waals surface area contributed by atoms with Crippen molar-refractivity contribution in [2.45, 2.75) is 6.17 Å². The Morgan fingerprint density at radius 2 is 1.00 bits per heavy atom. The van der Waals surface area contributed by atoms with Crippen molar-refractivity contribution in [3.05, 3.63) is 145 Å². The maximum absolute atomic E-state index is 6.51. The van der Waals surface area contributed by atoms with Gasteiger partial charge in [0.2, 0.25) is 0 Å². The molecule has 4 heteroatoms. The van der Waals surface area contributed by atoms with Gasteiger partial charge in [0, 0.05) is 5.56 Å². The Balaban J connectivity index is 1.22. The number of rotatable bonds is 4. The van der Waals surface area contributed by atoms with Crippen molar-refractivity contribution in [2.75, 3.05) is 0 Å². The topological polar surface area (TPSA) is 36.8 Å². The average molecular weight is 522 g/mol. The lowest BCUT2D eigenvalue weighted by Gasteiger charge is -2.20. The first-order chi connectivity index (χ1) is 19.2. The zero-order valence-corrected chi connectivity index (χ0v) is 21.8. The molecule has 1 aliphatic rings. The second-order valence-corrected chi connectivity index (χ2v) is 10.1. The molecule has 0 amide bonds. The molecule has 3 nitrogen and oxygen atoms in total. The largest absolute Gasteiger partial charge is 0.315 e. The first-order valence-electron chi connectivity index (χ1n) is 13.0. The molecule has 1 unspecified atom stereocenters. The fourth-order valence-corrected chi connectivity index (χ4v) is 5.36. The molecule has 7 rings (SSSR count). The predicted octanol–water partition coefficient (Wildman–Crippen LogP) is 8.97. The molecule has 0 radical (unpaired) electrons. The molecule has 0 spiro atoms. The van der Waals surface area contributed by atoms with Crippen molar-refractivity contribution in [3.8, 4) is 22.3 Å². The van der Waals surface area contributed by atoms with Crippen molar-refractivity contribution in [1.82, 2.24) is 5.32 Å². The highest BCUT2D eigenvalue weighted by molar-refractivity contribution is 6.66. The molecule has 39 heavy (non-hydrogen) atoms. The van der Waals surface area contributed by atoms with Crippen LogP contribution in [-0.2, 0) is 0 Å². The van der Waals surface area contributed by atoms with Gasteiger partial charge in [-0.05, 0) is 85.2 Å². The van der Waals surface area contributed by atoms with E-state index in [-0.39, 0.29) is 0 Å². The highest BCUT2D eigenvalue weighted by Gasteiger charge is 2.19. The van der Waals surface area contributed by atoms with E-state index in [1.807, 2.05) is 0 Å². The van der Waals surface area contributed by atoms with Crippen molar-refractivity contribution in [1.29, 1.82) is 0 Å². The Morgan fingerprint density at radius 1 is 0.462 bits per heavy atom. The van der Waals surface area contributed by atoms with Gasteiger partial charge in [-0.15, -0.1) is 0 Å². The van der Waals surface area contributed by atoms with Crippen molar-refractivity contribution in [2.24, 2.45) is 9.98 Å². The smallest absolute Gasteiger partial charge is 0.199 e. The molecule has 0 aliphatic carbocycles. The second kappa shape index (κ2) is 9.86. The number of nitrogens with one attached hydrogen (secondary N) is 1. The van der Waals surface area contributed by atoms with Gasteiger partial charge < -0.3 is 5.32 Å². The Hall–Kier alpha value is -4.73. The first-order valence-corrected chi connectivity index (χ1v) is 13.3. The van der Waals surface area contributed by atoms with Gasteiger partial charge in [0.25, 0.3) is 0 Å². The van der Waals surface area contributed by atoms with Gasteiger partial charge in [-0.1, -0.05) is 109 Å². The maximum atomic E-state index is 6.51. The first kappa shape index (κ1) is 23.4. The van der Waals surface area contributed by atoms with Crippen molar-refractivity contribution in [3.63, 3.8) is 0 Å². The molecule has 1 aliphatic heterocycles. The second-order valence-electron chi connectivity index (χ2n) is 9.73. The lowest BCUT2D eigenvalue weighted by atomic mass is 9.98. The highest BCUT2D eigenvalue weighted by atomic mass is 35.5. The summed E-state index contributed by atoms with van der Waals surface area (Å²) in [6, 6.07) is 46.7. The lowest BCUT2D eigenvalue weighted by Crippen LogP contribution is -2.32. The summed E-state index contributed by atoms with van der Waals surface area (Å²) in [5, 5.41) is 8.40. The van der Waals surface area contributed by atoms with E-state index in [0.29, 0.717) is 11.1 Å². The molecule has 1 atom stereocenters. The Bertz CT molecular complexity index is 1920. The molecule has 1 N–H and O–H groups in total. The average Bonchev–Trinajstić information content (AvgIpc) is 3.00. The van der Waals surface area contributed by atoms with E-state index in [1.165, 1.54) is 21.5 Å². The van der Waals surface area contributed by atoms with Crippen molar-refractivity contribution >= 4 is 44.3 Å². The summed E-state index contributed by atoms with van der Waals surface area (Å²) in [6.45, 7) is 0. The van der Waals surface area contributed by atoms with E-state index in [1.54, 1.807) is 0 Å². The van der Waals surface area contributed by atoms with Crippen LogP contribution in [0.4, 0.5) is 0 Å². The molecule has 0 saturated carbocycles. The molecule has 0 bridgehead atoms. The third-order valence-electron chi connectivity index (χ3n) is 7.19. The van der Waals surface area contributed by atoms with Crippen LogP contribution in [0.5, 0.6) is 0 Å². The van der Waals surface area contributed by atoms with E-state index >= 15 is 0 Å². The summed E-state index contributed by atoms with van der Waals surface area (Å²) in [5.41, 5.74) is 6.51. The minimum Gasteiger partial charge on any atom is -0.315 e. The summed E-state index contributed by atoms with van der Waals surface area (Å²) >= 11 is 6.51. The summed E-state index contributed by atoms with van der Waals surface area (Å²) in [6.07, 6.45) is -0.432. The van der Waals surface area contributed by atoms with Crippen LogP contribution in [0, 0.1) is 0 Å². The molecular formula is C35H24ClN3. The van der Waals surface area contributed by atoms with E-state index in [0.717, 1.165) is 33.4 Å². The monoisotopic (exact) mass is 521 g/mol. The summed E-state index contributed by atoms with van der Waals surface area (Å²) < 4.78 is 0. The fourth-order valence-electron chi connectivity index (χ4n) is 5.18. The van der Waals surface area contributed by atoms with Crippen LogP contribution in [0.25, 0.3) is 43.8 Å². The zero-order valence-electron chi connectivity index (χ0n) is 21.1. The van der Waals surface area contributed by atoms with E-state index in [2.05, 4.69) is 144 Å². The molecule has 0 saturated heterocycles. The van der Waals surface area contributed by atoms with Crippen LogP contribution >= 0.6 is 11.6 Å². The summed E-state index contributed by atoms with van der Waals surface area (Å²) in [5.74, 6) is 0.707. The lowest BCUT2D eigenvalue weighted by molar-refractivity contribution is 0.760. The summed E-state index contributed by atoms with van der Waals surface area (Å²) in [7, 11) is 0. The predicted molar refractivity (Wildman–Crippen MR) is 164 cm³/mol. The van der Waals surface area contributed by atoms with Gasteiger partial charge in [-0.2, -0.15) is 0 Å². The molecule has 1 heterocycles. The number of halogens is 1. The number of aliphatic imine (C=N–C) groups is 2. The van der Waals surface area contributed by atoms with E-state index in [9.17, 15) is 0 Å². The van der Waals surface area contributed by atoms with Gasteiger partial charge in [-0.25, -0.2) is 9.98 Å². The van der Waals surface area contributed by atoms with E-state index < -0.39 is 6.17 Å². The number of benzene rings is 6. The van der Waals surface area contributed by atoms with Crippen LogP contribution in [-0.4, -0.2) is 11.1 Å². The number of hydrogen-bond donors (Lipinski definition) is 1. The van der Waals surface area contributed by atoms with Crippen molar-refractivity contribution < 1.29 is 0 Å². The third-order valence-corrected chi connectivity index (χ3v) is 7.39.